The number of nitrogens with zero attached hydrogens (tertiary/aromatic N) is 3. The Balaban J connectivity index is 1.36. The van der Waals surface area contributed by atoms with Crippen molar-refractivity contribution in [2.45, 2.75) is 195 Å². The zero-order chi connectivity index (χ0) is 36.0. The molecule has 0 atom stereocenters. The fourth-order valence-electron chi connectivity index (χ4n) is 9.40. The Morgan fingerprint density at radius 2 is 0.712 bits per heavy atom. The molecule has 0 unspecified atom stereocenters. The molecule has 3 heterocycles. The van der Waals surface area contributed by atoms with E-state index in [9.17, 15) is 0 Å². The molecule has 1 aromatic heterocycles. The van der Waals surface area contributed by atoms with Crippen LogP contribution in [0.25, 0.3) is 55.0 Å². The standard InChI is InChI=1S/C49H72N3/c1-4-7-10-13-16-19-22-25-37-50-40-31-28-33-42-46(40)49-47-41(50)32-29-34-43(47)52(39-27-24-21-18-15-12-9-6-3)45-36-30-35-44(48(45)49)51(42)38-26-23-20-17-14-11-8-5-2/h28-36H,4-27,37-39H2,1-3H3/q+1. The summed E-state index contributed by atoms with van der Waals surface area (Å²) in [5.74, 6) is 0. The molecule has 4 aromatic rings. The van der Waals surface area contributed by atoms with Crippen LogP contribution in [0.1, 0.15) is 175 Å². The van der Waals surface area contributed by atoms with E-state index in [0.717, 1.165) is 19.6 Å². The van der Waals surface area contributed by atoms with E-state index in [1.165, 1.54) is 209 Å². The quantitative estimate of drug-likeness (QED) is 0.0219. The van der Waals surface area contributed by atoms with E-state index in [-0.39, 0.29) is 0 Å². The van der Waals surface area contributed by atoms with E-state index in [0.29, 0.717) is 0 Å². The van der Waals surface area contributed by atoms with Crippen LogP contribution in [0.15, 0.2) is 54.6 Å². The van der Waals surface area contributed by atoms with Crippen molar-refractivity contribution in [1.29, 1.82) is 0 Å². The van der Waals surface area contributed by atoms with Crippen LogP contribution in [-0.2, 0) is 19.6 Å². The molecule has 3 nitrogen and oxygen atoms in total. The molecule has 2 aliphatic rings. The number of rotatable bonds is 27. The SMILES string of the molecule is CCCCCCCCCCn1c2cccc3c2-c2c4c1cccc4[n+](CCCCCCCCCC)c1cccc(c21)n3CCCCCCCCCC. The lowest BCUT2D eigenvalue weighted by molar-refractivity contribution is -0.645. The van der Waals surface area contributed by atoms with Crippen molar-refractivity contribution >= 4 is 43.9 Å². The average molecular weight is 703 g/mol. The first kappa shape index (κ1) is 38.6. The predicted octanol–water partition coefficient (Wildman–Crippen LogP) is 15.2. The molecule has 0 radical (unpaired) electrons. The molecular weight excluding hydrogens is 631 g/mol. The molecule has 3 aromatic carbocycles. The molecule has 0 bridgehead atoms. The number of aryl methyl sites for hydroxylation is 3. The minimum Gasteiger partial charge on any atom is -0.340 e. The van der Waals surface area contributed by atoms with E-state index in [1.54, 1.807) is 0 Å². The van der Waals surface area contributed by atoms with Gasteiger partial charge in [-0.25, -0.2) is 0 Å². The van der Waals surface area contributed by atoms with Gasteiger partial charge in [0.1, 0.15) is 6.54 Å². The summed E-state index contributed by atoms with van der Waals surface area (Å²) < 4.78 is 8.17. The fraction of sp³-hybridized carbons (Fsp3) is 0.612. The minimum absolute atomic E-state index is 1.10. The van der Waals surface area contributed by atoms with Gasteiger partial charge in [-0.1, -0.05) is 167 Å². The number of pyridine rings is 3. The van der Waals surface area contributed by atoms with Crippen molar-refractivity contribution < 1.29 is 4.57 Å². The third-order valence-corrected chi connectivity index (χ3v) is 12.3. The molecule has 0 saturated heterocycles. The second-order valence-electron chi connectivity index (χ2n) is 16.3. The Morgan fingerprint density at radius 3 is 1.13 bits per heavy atom. The van der Waals surface area contributed by atoms with Gasteiger partial charge in [-0.05, 0) is 43.5 Å². The Bertz CT molecular complexity index is 1750. The zero-order valence-corrected chi connectivity index (χ0v) is 33.6. The topological polar surface area (TPSA) is 13.7 Å². The minimum atomic E-state index is 1.10. The summed E-state index contributed by atoms with van der Waals surface area (Å²) in [5, 5.41) is 2.99. The summed E-state index contributed by atoms with van der Waals surface area (Å²) >= 11 is 0. The molecule has 0 N–H and O–H groups in total. The molecule has 282 valence electrons. The molecule has 2 aliphatic heterocycles. The lowest BCUT2D eigenvalue weighted by Crippen LogP contribution is -2.36. The summed E-state index contributed by atoms with van der Waals surface area (Å²) in [6.07, 6.45) is 32.6. The van der Waals surface area contributed by atoms with Gasteiger partial charge < -0.3 is 9.13 Å². The first-order chi connectivity index (χ1) is 25.8. The average Bonchev–Trinajstić information content (AvgIpc) is 3.17. The fourth-order valence-corrected chi connectivity index (χ4v) is 9.40. The summed E-state index contributed by atoms with van der Waals surface area (Å²) in [7, 11) is 0. The number of unbranched alkanes of at least 4 members (excludes halogenated alkanes) is 21. The molecule has 3 heteroatoms. The Labute approximate surface area is 316 Å². The largest absolute Gasteiger partial charge is 0.340 e. The van der Waals surface area contributed by atoms with Crippen molar-refractivity contribution in [3.05, 3.63) is 54.6 Å². The van der Waals surface area contributed by atoms with E-state index >= 15 is 0 Å². The number of hydrogen-bond donors (Lipinski definition) is 0. The monoisotopic (exact) mass is 703 g/mol. The molecule has 0 fully saturated rings. The summed E-state index contributed by atoms with van der Waals surface area (Å²) in [6, 6.07) is 21.6. The highest BCUT2D eigenvalue weighted by Gasteiger charge is 2.31. The van der Waals surface area contributed by atoms with E-state index < -0.39 is 0 Å². The van der Waals surface area contributed by atoms with Crippen LogP contribution in [0, 0.1) is 0 Å². The van der Waals surface area contributed by atoms with Gasteiger partial charge in [0.25, 0.3) is 0 Å². The van der Waals surface area contributed by atoms with Crippen LogP contribution in [-0.4, -0.2) is 9.13 Å². The zero-order valence-electron chi connectivity index (χ0n) is 33.6. The summed E-state index contributed by atoms with van der Waals surface area (Å²) in [5.41, 5.74) is 11.6. The molecule has 0 aliphatic carbocycles. The first-order valence-electron chi connectivity index (χ1n) is 22.4. The van der Waals surface area contributed by atoms with Crippen molar-refractivity contribution in [3.63, 3.8) is 0 Å². The van der Waals surface area contributed by atoms with Crippen molar-refractivity contribution in [2.24, 2.45) is 0 Å². The highest BCUT2D eigenvalue weighted by atomic mass is 15.0. The van der Waals surface area contributed by atoms with Gasteiger partial charge in [-0.3, -0.25) is 0 Å². The van der Waals surface area contributed by atoms with Gasteiger partial charge in [0.2, 0.25) is 11.0 Å². The maximum absolute atomic E-state index is 2.72. The molecule has 0 spiro atoms. The lowest BCUT2D eigenvalue weighted by atomic mass is 9.89. The highest BCUT2D eigenvalue weighted by molar-refractivity contribution is 6.24. The van der Waals surface area contributed by atoms with Crippen LogP contribution >= 0.6 is 0 Å². The van der Waals surface area contributed by atoms with Gasteiger partial charge >= 0.3 is 0 Å². The van der Waals surface area contributed by atoms with Crippen LogP contribution in [0.5, 0.6) is 0 Å². The number of benzene rings is 3. The maximum Gasteiger partial charge on any atom is 0.215 e. The lowest BCUT2D eigenvalue weighted by Gasteiger charge is -2.28. The van der Waals surface area contributed by atoms with Gasteiger partial charge in [0.05, 0.1) is 32.8 Å². The van der Waals surface area contributed by atoms with E-state index in [1.807, 2.05) is 0 Å². The second-order valence-corrected chi connectivity index (χ2v) is 16.3. The molecular formula is C49H72N3+. The Hall–Kier alpha value is -3.07. The van der Waals surface area contributed by atoms with Crippen LogP contribution in [0.3, 0.4) is 0 Å². The molecule has 0 amide bonds. The van der Waals surface area contributed by atoms with Crippen molar-refractivity contribution in [1.82, 2.24) is 9.13 Å². The van der Waals surface area contributed by atoms with Crippen molar-refractivity contribution in [3.8, 4) is 11.1 Å². The summed E-state index contributed by atoms with van der Waals surface area (Å²) in [6.45, 7) is 10.2. The van der Waals surface area contributed by atoms with Crippen molar-refractivity contribution in [2.75, 3.05) is 0 Å². The molecule has 6 rings (SSSR count). The number of hydrogen-bond acceptors (Lipinski definition) is 0. The second kappa shape index (κ2) is 20.4. The van der Waals surface area contributed by atoms with Crippen LogP contribution < -0.4 is 4.57 Å². The Morgan fingerprint density at radius 1 is 0.365 bits per heavy atom. The maximum atomic E-state index is 2.72. The smallest absolute Gasteiger partial charge is 0.215 e. The molecule has 52 heavy (non-hydrogen) atoms. The number of aromatic nitrogens is 3. The third kappa shape index (κ3) is 8.99. The Kier molecular flexibility index (Phi) is 15.2. The predicted molar refractivity (Wildman–Crippen MR) is 228 cm³/mol. The normalized spacial score (nSPS) is 12.3. The third-order valence-electron chi connectivity index (χ3n) is 12.3. The molecule has 0 saturated carbocycles. The van der Waals surface area contributed by atoms with Gasteiger partial charge in [-0.2, -0.15) is 4.57 Å². The van der Waals surface area contributed by atoms with Gasteiger partial charge in [0, 0.05) is 42.8 Å². The van der Waals surface area contributed by atoms with Gasteiger partial charge in [-0.15, -0.1) is 0 Å². The summed E-state index contributed by atoms with van der Waals surface area (Å²) in [4.78, 5) is 0. The van der Waals surface area contributed by atoms with Gasteiger partial charge in [0.15, 0.2) is 0 Å². The van der Waals surface area contributed by atoms with E-state index in [2.05, 4.69) is 89.1 Å². The first-order valence-corrected chi connectivity index (χ1v) is 22.4. The van der Waals surface area contributed by atoms with Crippen LogP contribution in [0.4, 0.5) is 0 Å². The highest BCUT2D eigenvalue weighted by Crippen LogP contribution is 2.47. The van der Waals surface area contributed by atoms with E-state index in [4.69, 9.17) is 0 Å². The van der Waals surface area contributed by atoms with Crippen LogP contribution in [0.2, 0.25) is 0 Å².